The van der Waals surface area contributed by atoms with Crippen LogP contribution >= 0.6 is 0 Å². The van der Waals surface area contributed by atoms with Gasteiger partial charge in [0.25, 0.3) is 0 Å². The lowest BCUT2D eigenvalue weighted by atomic mass is 9.96. The number of benzene rings is 1. The molecule has 0 bridgehead atoms. The van der Waals surface area contributed by atoms with Gasteiger partial charge in [0.2, 0.25) is 0 Å². The molecule has 1 aromatic carbocycles. The lowest BCUT2D eigenvalue weighted by Gasteiger charge is -2.25. The molecule has 1 N–H and O–H groups in total. The van der Waals surface area contributed by atoms with Crippen molar-refractivity contribution in [1.29, 1.82) is 0 Å². The fraction of sp³-hybridized carbons (Fsp3) is 0.647. The minimum absolute atomic E-state index is 0.283. The van der Waals surface area contributed by atoms with Gasteiger partial charge in [0.1, 0.15) is 0 Å². The molecule has 0 fully saturated rings. The molecule has 2 nitrogen and oxygen atoms in total. The molecule has 1 unspecified atom stereocenters. The number of aliphatic hydroxyl groups excluding tert-OH is 1. The molecule has 1 atom stereocenters. The number of rotatable bonds is 7. The Balaban J connectivity index is 2.47. The van der Waals surface area contributed by atoms with E-state index >= 15 is 0 Å². The van der Waals surface area contributed by atoms with Gasteiger partial charge in [0.05, 0.1) is 0 Å². The molecule has 2 heteroatoms. The van der Waals surface area contributed by atoms with Gasteiger partial charge in [-0.25, -0.2) is 0 Å². The van der Waals surface area contributed by atoms with E-state index in [1.54, 1.807) is 0 Å². The van der Waals surface area contributed by atoms with Gasteiger partial charge in [-0.15, -0.1) is 0 Å². The summed E-state index contributed by atoms with van der Waals surface area (Å²) in [6.45, 7) is 11.0. The summed E-state index contributed by atoms with van der Waals surface area (Å²) in [6.07, 6.45) is 1.08. The fourth-order valence-corrected chi connectivity index (χ4v) is 2.41. The summed E-state index contributed by atoms with van der Waals surface area (Å²) in [6, 6.07) is 6.68. The molecule has 0 aliphatic heterocycles. The Kier molecular flexibility index (Phi) is 6.53. The van der Waals surface area contributed by atoms with Crippen molar-refractivity contribution in [1.82, 2.24) is 4.90 Å². The normalized spacial score (nSPS) is 13.3. The second-order valence-corrected chi connectivity index (χ2v) is 6.13. The summed E-state index contributed by atoms with van der Waals surface area (Å²) >= 11 is 0. The summed E-state index contributed by atoms with van der Waals surface area (Å²) in [5.74, 6) is 0.915. The highest BCUT2D eigenvalue weighted by Gasteiger charge is 2.14. The van der Waals surface area contributed by atoms with Crippen molar-refractivity contribution < 1.29 is 5.11 Å². The van der Waals surface area contributed by atoms with Crippen LogP contribution in [0, 0.1) is 25.7 Å². The van der Waals surface area contributed by atoms with Gasteiger partial charge in [-0.3, -0.25) is 0 Å². The maximum atomic E-state index is 9.38. The first kappa shape index (κ1) is 16.2. The standard InChI is InChI=1S/C17H29NO/c1-13(2)17(12-19)11-18(5)9-8-16-7-6-14(3)10-15(16)4/h6-7,10,13,17,19H,8-9,11-12H2,1-5H3. The first-order chi connectivity index (χ1) is 8.93. The summed E-state index contributed by atoms with van der Waals surface area (Å²) in [7, 11) is 2.15. The number of aliphatic hydroxyl groups is 1. The lowest BCUT2D eigenvalue weighted by Crippen LogP contribution is -2.32. The molecule has 19 heavy (non-hydrogen) atoms. The Morgan fingerprint density at radius 1 is 1.21 bits per heavy atom. The van der Waals surface area contributed by atoms with E-state index in [0.717, 1.165) is 19.5 Å². The van der Waals surface area contributed by atoms with Crippen LogP contribution < -0.4 is 0 Å². The molecule has 0 amide bonds. The SMILES string of the molecule is Cc1ccc(CCN(C)CC(CO)C(C)C)c(C)c1. The number of nitrogens with zero attached hydrogens (tertiary/aromatic N) is 1. The fourth-order valence-electron chi connectivity index (χ4n) is 2.41. The molecule has 1 aromatic rings. The van der Waals surface area contributed by atoms with E-state index in [9.17, 15) is 5.11 Å². The monoisotopic (exact) mass is 263 g/mol. The molecule has 0 aliphatic carbocycles. The van der Waals surface area contributed by atoms with E-state index in [2.05, 4.69) is 57.8 Å². The van der Waals surface area contributed by atoms with Crippen LogP contribution in [-0.2, 0) is 6.42 Å². The van der Waals surface area contributed by atoms with Crippen molar-refractivity contribution >= 4 is 0 Å². The predicted molar refractivity (Wildman–Crippen MR) is 82.5 cm³/mol. The average Bonchev–Trinajstić information content (AvgIpc) is 2.34. The topological polar surface area (TPSA) is 23.5 Å². The van der Waals surface area contributed by atoms with Crippen LogP contribution in [-0.4, -0.2) is 36.8 Å². The van der Waals surface area contributed by atoms with Gasteiger partial charge in [0.15, 0.2) is 0 Å². The van der Waals surface area contributed by atoms with Gasteiger partial charge in [-0.05, 0) is 50.3 Å². The van der Waals surface area contributed by atoms with Crippen molar-refractivity contribution in [2.45, 2.75) is 34.1 Å². The molecule has 0 saturated heterocycles. The van der Waals surface area contributed by atoms with Crippen molar-refractivity contribution in [3.05, 3.63) is 34.9 Å². The minimum Gasteiger partial charge on any atom is -0.396 e. The maximum absolute atomic E-state index is 9.38. The van der Waals surface area contributed by atoms with E-state index in [-0.39, 0.29) is 6.61 Å². The molecular weight excluding hydrogens is 234 g/mol. The van der Waals surface area contributed by atoms with E-state index < -0.39 is 0 Å². The molecule has 0 radical (unpaired) electrons. The third kappa shape index (κ3) is 5.33. The molecule has 0 aliphatic rings. The number of likely N-dealkylation sites (N-methyl/N-ethyl adjacent to an activating group) is 1. The van der Waals surface area contributed by atoms with Crippen LogP contribution in [0.5, 0.6) is 0 Å². The Morgan fingerprint density at radius 2 is 1.89 bits per heavy atom. The zero-order valence-electron chi connectivity index (χ0n) is 13.1. The zero-order chi connectivity index (χ0) is 14.4. The van der Waals surface area contributed by atoms with Gasteiger partial charge < -0.3 is 10.0 Å². The Labute approximate surface area is 118 Å². The van der Waals surface area contributed by atoms with E-state index in [1.165, 1.54) is 16.7 Å². The van der Waals surface area contributed by atoms with Gasteiger partial charge in [-0.1, -0.05) is 37.6 Å². The van der Waals surface area contributed by atoms with Crippen LogP contribution in [0.4, 0.5) is 0 Å². The van der Waals surface area contributed by atoms with Crippen molar-refractivity contribution in [3.8, 4) is 0 Å². The molecule has 0 aromatic heterocycles. The third-order valence-corrected chi connectivity index (χ3v) is 3.98. The molecule has 1 rings (SSSR count). The average molecular weight is 263 g/mol. The Bertz CT molecular complexity index is 387. The minimum atomic E-state index is 0.283. The smallest absolute Gasteiger partial charge is 0.0473 e. The molecule has 0 heterocycles. The van der Waals surface area contributed by atoms with E-state index in [0.29, 0.717) is 11.8 Å². The maximum Gasteiger partial charge on any atom is 0.0473 e. The quantitative estimate of drug-likeness (QED) is 0.817. The molecule has 108 valence electrons. The van der Waals surface area contributed by atoms with Crippen LogP contribution in [0.3, 0.4) is 0 Å². The Morgan fingerprint density at radius 3 is 2.42 bits per heavy atom. The first-order valence-electron chi connectivity index (χ1n) is 7.29. The van der Waals surface area contributed by atoms with Crippen LogP contribution in [0.1, 0.15) is 30.5 Å². The first-order valence-corrected chi connectivity index (χ1v) is 7.29. The summed E-state index contributed by atoms with van der Waals surface area (Å²) in [4.78, 5) is 2.33. The Hall–Kier alpha value is -0.860. The zero-order valence-corrected chi connectivity index (χ0v) is 13.1. The largest absolute Gasteiger partial charge is 0.396 e. The van der Waals surface area contributed by atoms with Crippen LogP contribution in [0.15, 0.2) is 18.2 Å². The van der Waals surface area contributed by atoms with E-state index in [4.69, 9.17) is 0 Å². The summed E-state index contributed by atoms with van der Waals surface area (Å²) in [5, 5.41) is 9.38. The molecular formula is C17H29NO. The van der Waals surface area contributed by atoms with Gasteiger partial charge in [-0.2, -0.15) is 0 Å². The summed E-state index contributed by atoms with van der Waals surface area (Å²) in [5.41, 5.74) is 4.15. The highest BCUT2D eigenvalue weighted by Crippen LogP contribution is 2.14. The summed E-state index contributed by atoms with van der Waals surface area (Å²) < 4.78 is 0. The van der Waals surface area contributed by atoms with Crippen molar-refractivity contribution in [3.63, 3.8) is 0 Å². The second-order valence-electron chi connectivity index (χ2n) is 6.13. The lowest BCUT2D eigenvalue weighted by molar-refractivity contribution is 0.147. The predicted octanol–water partition coefficient (Wildman–Crippen LogP) is 3.04. The van der Waals surface area contributed by atoms with Crippen LogP contribution in [0.2, 0.25) is 0 Å². The van der Waals surface area contributed by atoms with Gasteiger partial charge >= 0.3 is 0 Å². The van der Waals surface area contributed by atoms with Crippen molar-refractivity contribution in [2.75, 3.05) is 26.7 Å². The number of hydrogen-bond acceptors (Lipinski definition) is 2. The van der Waals surface area contributed by atoms with Crippen LogP contribution in [0.25, 0.3) is 0 Å². The van der Waals surface area contributed by atoms with Gasteiger partial charge in [0, 0.05) is 19.7 Å². The second kappa shape index (κ2) is 7.66. The van der Waals surface area contributed by atoms with E-state index in [1.807, 2.05) is 0 Å². The number of hydrogen-bond donors (Lipinski definition) is 1. The highest BCUT2D eigenvalue weighted by atomic mass is 16.3. The van der Waals surface area contributed by atoms with Crippen molar-refractivity contribution in [2.24, 2.45) is 11.8 Å². The highest BCUT2D eigenvalue weighted by molar-refractivity contribution is 5.30. The molecule has 0 spiro atoms. The molecule has 0 saturated carbocycles. The number of aryl methyl sites for hydroxylation is 2. The third-order valence-electron chi connectivity index (χ3n) is 3.98.